The number of carbonyl (C=O) groups is 1. The van der Waals surface area contributed by atoms with Gasteiger partial charge in [0.15, 0.2) is 5.13 Å². The highest BCUT2D eigenvalue weighted by Gasteiger charge is 2.09. The van der Waals surface area contributed by atoms with Crippen LogP contribution in [0.15, 0.2) is 71.4 Å². The molecule has 0 aliphatic heterocycles. The van der Waals surface area contributed by atoms with Gasteiger partial charge in [-0.05, 0) is 47.8 Å². The standard InChI is InChI=1S/C20H14ClN3OS2/c21-14-6-8-15(9-7-14)23-20-24-17(12-27-20)13-3-1-4-16(11-13)22-19(25)18-5-2-10-26-18/h1-12H,(H,22,25)(H,23,24). The number of hydrogen-bond acceptors (Lipinski definition) is 5. The molecule has 4 rings (SSSR count). The first-order valence-corrected chi connectivity index (χ1v) is 10.2. The van der Waals surface area contributed by atoms with E-state index in [9.17, 15) is 4.79 Å². The Balaban J connectivity index is 1.49. The summed E-state index contributed by atoms with van der Waals surface area (Å²) in [5, 5.41) is 11.5. The molecule has 0 radical (unpaired) electrons. The van der Waals surface area contributed by atoms with E-state index in [1.54, 1.807) is 6.07 Å². The van der Waals surface area contributed by atoms with E-state index in [2.05, 4.69) is 15.6 Å². The van der Waals surface area contributed by atoms with Crippen molar-refractivity contribution >= 4 is 56.7 Å². The van der Waals surface area contributed by atoms with Gasteiger partial charge in [0, 0.05) is 27.3 Å². The molecule has 0 unspecified atom stereocenters. The predicted octanol–water partition coefficient (Wildman–Crippen LogP) is 6.52. The van der Waals surface area contributed by atoms with Crippen LogP contribution in [0, 0.1) is 0 Å². The molecule has 2 heterocycles. The highest BCUT2D eigenvalue weighted by molar-refractivity contribution is 7.14. The Bertz CT molecular complexity index is 1060. The van der Waals surface area contributed by atoms with E-state index in [1.165, 1.54) is 22.7 Å². The Morgan fingerprint density at radius 1 is 0.963 bits per heavy atom. The van der Waals surface area contributed by atoms with Gasteiger partial charge in [0.05, 0.1) is 10.6 Å². The maximum Gasteiger partial charge on any atom is 0.265 e. The van der Waals surface area contributed by atoms with Crippen molar-refractivity contribution in [2.75, 3.05) is 10.6 Å². The van der Waals surface area contributed by atoms with Crippen LogP contribution in [-0.4, -0.2) is 10.9 Å². The van der Waals surface area contributed by atoms with E-state index in [1.807, 2.05) is 65.4 Å². The molecule has 2 N–H and O–H groups in total. The summed E-state index contributed by atoms with van der Waals surface area (Å²) in [4.78, 5) is 17.5. The number of nitrogens with zero attached hydrogens (tertiary/aromatic N) is 1. The number of anilines is 3. The summed E-state index contributed by atoms with van der Waals surface area (Å²) >= 11 is 8.85. The molecule has 0 saturated carbocycles. The average Bonchev–Trinajstić information content (AvgIpc) is 3.36. The summed E-state index contributed by atoms with van der Waals surface area (Å²) < 4.78 is 0. The van der Waals surface area contributed by atoms with Crippen molar-refractivity contribution in [3.63, 3.8) is 0 Å². The zero-order valence-electron chi connectivity index (χ0n) is 14.0. The Labute approximate surface area is 169 Å². The summed E-state index contributed by atoms with van der Waals surface area (Å²) in [6.07, 6.45) is 0. The minimum absolute atomic E-state index is 0.106. The second-order valence-corrected chi connectivity index (χ2v) is 7.92. The van der Waals surface area contributed by atoms with Crippen molar-refractivity contribution in [3.05, 3.63) is 81.3 Å². The van der Waals surface area contributed by atoms with Crippen LogP contribution >= 0.6 is 34.3 Å². The van der Waals surface area contributed by atoms with Crippen LogP contribution in [0.25, 0.3) is 11.3 Å². The summed E-state index contributed by atoms with van der Waals surface area (Å²) in [5.74, 6) is -0.106. The van der Waals surface area contributed by atoms with Crippen LogP contribution in [0.4, 0.5) is 16.5 Å². The van der Waals surface area contributed by atoms with E-state index in [4.69, 9.17) is 11.6 Å². The molecule has 4 aromatic rings. The van der Waals surface area contributed by atoms with Crippen molar-refractivity contribution in [2.45, 2.75) is 0 Å². The number of benzene rings is 2. The molecule has 2 aromatic carbocycles. The molecule has 4 nitrogen and oxygen atoms in total. The molecule has 2 aromatic heterocycles. The monoisotopic (exact) mass is 411 g/mol. The SMILES string of the molecule is O=C(Nc1cccc(-c2csc(Nc3ccc(Cl)cc3)n2)c1)c1cccs1. The zero-order chi connectivity index (χ0) is 18.6. The van der Waals surface area contributed by atoms with Gasteiger partial charge in [0.1, 0.15) is 0 Å². The Kier molecular flexibility index (Phi) is 5.20. The van der Waals surface area contributed by atoms with Crippen molar-refractivity contribution in [3.8, 4) is 11.3 Å². The third kappa shape index (κ3) is 4.36. The lowest BCUT2D eigenvalue weighted by Crippen LogP contribution is -2.09. The number of aromatic nitrogens is 1. The van der Waals surface area contributed by atoms with Gasteiger partial charge in [0.25, 0.3) is 5.91 Å². The van der Waals surface area contributed by atoms with E-state index in [0.717, 1.165) is 27.8 Å². The molecule has 0 aliphatic rings. The van der Waals surface area contributed by atoms with Crippen LogP contribution < -0.4 is 10.6 Å². The van der Waals surface area contributed by atoms with Crippen molar-refractivity contribution in [1.29, 1.82) is 0 Å². The van der Waals surface area contributed by atoms with Gasteiger partial charge in [-0.1, -0.05) is 29.8 Å². The van der Waals surface area contributed by atoms with Gasteiger partial charge in [0.2, 0.25) is 0 Å². The first kappa shape index (κ1) is 17.7. The van der Waals surface area contributed by atoms with Gasteiger partial charge >= 0.3 is 0 Å². The number of carbonyl (C=O) groups excluding carboxylic acids is 1. The Morgan fingerprint density at radius 2 is 1.81 bits per heavy atom. The molecule has 0 atom stereocenters. The van der Waals surface area contributed by atoms with Gasteiger partial charge in [-0.2, -0.15) is 0 Å². The molecular formula is C20H14ClN3OS2. The van der Waals surface area contributed by atoms with Crippen molar-refractivity contribution < 1.29 is 4.79 Å². The molecule has 1 amide bonds. The number of hydrogen-bond donors (Lipinski definition) is 2. The molecule has 0 aliphatic carbocycles. The third-order valence-corrected chi connectivity index (χ3v) is 5.64. The fraction of sp³-hybridized carbons (Fsp3) is 0. The molecule has 0 spiro atoms. The molecular weight excluding hydrogens is 398 g/mol. The molecule has 0 fully saturated rings. The molecule has 134 valence electrons. The van der Waals surface area contributed by atoms with Gasteiger partial charge in [-0.25, -0.2) is 4.98 Å². The number of thiophene rings is 1. The largest absolute Gasteiger partial charge is 0.332 e. The fourth-order valence-corrected chi connectivity index (χ4v) is 3.96. The minimum atomic E-state index is -0.106. The summed E-state index contributed by atoms with van der Waals surface area (Å²) in [5.41, 5.74) is 3.46. The van der Waals surface area contributed by atoms with Crippen LogP contribution in [0.3, 0.4) is 0 Å². The lowest BCUT2D eigenvalue weighted by molar-refractivity contribution is 0.103. The number of thiazole rings is 1. The number of nitrogens with one attached hydrogen (secondary N) is 2. The third-order valence-electron chi connectivity index (χ3n) is 3.76. The Morgan fingerprint density at radius 3 is 2.59 bits per heavy atom. The normalized spacial score (nSPS) is 10.6. The van der Waals surface area contributed by atoms with Crippen LogP contribution in [0.2, 0.25) is 5.02 Å². The number of amides is 1. The first-order chi connectivity index (χ1) is 13.2. The maximum atomic E-state index is 12.2. The lowest BCUT2D eigenvalue weighted by atomic mass is 10.1. The average molecular weight is 412 g/mol. The van der Waals surface area contributed by atoms with Crippen molar-refractivity contribution in [2.24, 2.45) is 0 Å². The summed E-state index contributed by atoms with van der Waals surface area (Å²) in [6.45, 7) is 0. The fourth-order valence-electron chi connectivity index (χ4n) is 2.48. The second kappa shape index (κ2) is 7.92. The van der Waals surface area contributed by atoms with E-state index in [0.29, 0.717) is 9.90 Å². The maximum absolute atomic E-state index is 12.2. The molecule has 0 bridgehead atoms. The number of rotatable bonds is 5. The first-order valence-electron chi connectivity index (χ1n) is 8.11. The smallest absolute Gasteiger partial charge is 0.265 e. The lowest BCUT2D eigenvalue weighted by Gasteiger charge is -2.05. The van der Waals surface area contributed by atoms with Gasteiger partial charge < -0.3 is 10.6 Å². The predicted molar refractivity (Wildman–Crippen MR) is 115 cm³/mol. The van der Waals surface area contributed by atoms with E-state index < -0.39 is 0 Å². The second-order valence-electron chi connectivity index (χ2n) is 5.68. The summed E-state index contributed by atoms with van der Waals surface area (Å²) in [6, 6.07) is 18.8. The summed E-state index contributed by atoms with van der Waals surface area (Å²) in [7, 11) is 0. The molecule has 0 saturated heterocycles. The van der Waals surface area contributed by atoms with Gasteiger partial charge in [-0.15, -0.1) is 22.7 Å². The van der Waals surface area contributed by atoms with Crippen LogP contribution in [0.1, 0.15) is 9.67 Å². The molecule has 7 heteroatoms. The van der Waals surface area contributed by atoms with Gasteiger partial charge in [-0.3, -0.25) is 4.79 Å². The Hall–Kier alpha value is -2.67. The number of halogens is 1. The highest BCUT2D eigenvalue weighted by atomic mass is 35.5. The zero-order valence-corrected chi connectivity index (χ0v) is 16.4. The van der Waals surface area contributed by atoms with Crippen molar-refractivity contribution in [1.82, 2.24) is 4.98 Å². The van der Waals surface area contributed by atoms with Crippen LogP contribution in [0.5, 0.6) is 0 Å². The highest BCUT2D eigenvalue weighted by Crippen LogP contribution is 2.29. The topological polar surface area (TPSA) is 54.0 Å². The quantitative estimate of drug-likeness (QED) is 0.393. The van der Waals surface area contributed by atoms with E-state index in [-0.39, 0.29) is 5.91 Å². The minimum Gasteiger partial charge on any atom is -0.332 e. The van der Waals surface area contributed by atoms with Crippen LogP contribution in [-0.2, 0) is 0 Å². The van der Waals surface area contributed by atoms with E-state index >= 15 is 0 Å². The molecule has 27 heavy (non-hydrogen) atoms.